The van der Waals surface area contributed by atoms with E-state index in [0.29, 0.717) is 11.3 Å². The van der Waals surface area contributed by atoms with E-state index in [1.54, 1.807) is 6.07 Å². The summed E-state index contributed by atoms with van der Waals surface area (Å²) in [6, 6.07) is 4.54. The second-order valence-corrected chi connectivity index (χ2v) is 2.69. The quantitative estimate of drug-likeness (QED) is 0.592. The number of rotatable bonds is 2. The molecule has 0 heterocycles. The van der Waals surface area contributed by atoms with E-state index in [9.17, 15) is 9.90 Å². The highest BCUT2D eigenvalue weighted by atomic mass is 16.3. The van der Waals surface area contributed by atoms with Gasteiger partial charge >= 0.3 is 0 Å². The van der Waals surface area contributed by atoms with Crippen molar-refractivity contribution < 1.29 is 15.0 Å². The van der Waals surface area contributed by atoms with Gasteiger partial charge in [-0.3, -0.25) is 4.79 Å². The van der Waals surface area contributed by atoms with E-state index in [1.165, 1.54) is 19.1 Å². The number of benzene rings is 1. The van der Waals surface area contributed by atoms with Gasteiger partial charge in [0.2, 0.25) is 5.91 Å². The fourth-order valence-corrected chi connectivity index (χ4v) is 0.971. The zero-order chi connectivity index (χ0) is 9.84. The third-order valence-electron chi connectivity index (χ3n) is 1.55. The molecule has 1 aromatic carbocycles. The van der Waals surface area contributed by atoms with Crippen LogP contribution in [0.2, 0.25) is 0 Å². The smallest absolute Gasteiger partial charge is 0.221 e. The first-order chi connectivity index (χ1) is 6.13. The van der Waals surface area contributed by atoms with Crippen molar-refractivity contribution in [3.05, 3.63) is 23.8 Å². The van der Waals surface area contributed by atoms with E-state index < -0.39 is 0 Å². The van der Waals surface area contributed by atoms with Gasteiger partial charge in [-0.05, 0) is 17.7 Å². The van der Waals surface area contributed by atoms with Crippen molar-refractivity contribution in [3.8, 4) is 5.75 Å². The molecule has 0 saturated heterocycles. The van der Waals surface area contributed by atoms with E-state index in [1.807, 2.05) is 0 Å². The van der Waals surface area contributed by atoms with Crippen LogP contribution in [0.4, 0.5) is 5.69 Å². The lowest BCUT2D eigenvalue weighted by molar-refractivity contribution is -0.114. The zero-order valence-electron chi connectivity index (χ0n) is 7.24. The Balaban J connectivity index is 2.96. The molecule has 0 bridgehead atoms. The van der Waals surface area contributed by atoms with Crippen LogP contribution in [0.25, 0.3) is 0 Å². The third kappa shape index (κ3) is 2.45. The average Bonchev–Trinajstić information content (AvgIpc) is 2.08. The molecule has 1 aromatic rings. The molecule has 0 aliphatic carbocycles. The second-order valence-electron chi connectivity index (χ2n) is 2.69. The molecule has 0 spiro atoms. The highest BCUT2D eigenvalue weighted by molar-refractivity contribution is 5.90. The number of hydrogen-bond donors (Lipinski definition) is 3. The van der Waals surface area contributed by atoms with Crippen LogP contribution in [-0.4, -0.2) is 16.1 Å². The average molecular weight is 181 g/mol. The van der Waals surface area contributed by atoms with Gasteiger partial charge in [0.05, 0.1) is 12.3 Å². The van der Waals surface area contributed by atoms with Gasteiger partial charge in [-0.2, -0.15) is 0 Å². The normalized spacial score (nSPS) is 9.69. The minimum Gasteiger partial charge on any atom is -0.506 e. The van der Waals surface area contributed by atoms with Crippen molar-refractivity contribution in [2.24, 2.45) is 0 Å². The molecule has 0 aliphatic rings. The summed E-state index contributed by atoms with van der Waals surface area (Å²) in [7, 11) is 0. The van der Waals surface area contributed by atoms with Gasteiger partial charge in [0.25, 0.3) is 0 Å². The Morgan fingerprint density at radius 3 is 2.77 bits per heavy atom. The molecule has 0 radical (unpaired) electrons. The van der Waals surface area contributed by atoms with Crippen LogP contribution in [0.3, 0.4) is 0 Å². The molecular formula is C9H11NO3. The molecule has 0 aliphatic heterocycles. The van der Waals surface area contributed by atoms with E-state index >= 15 is 0 Å². The number of carbonyl (C=O) groups is 1. The van der Waals surface area contributed by atoms with E-state index in [-0.39, 0.29) is 18.3 Å². The summed E-state index contributed by atoms with van der Waals surface area (Å²) in [6.07, 6.45) is 0. The number of amides is 1. The Morgan fingerprint density at radius 2 is 2.23 bits per heavy atom. The van der Waals surface area contributed by atoms with Crippen molar-refractivity contribution in [1.82, 2.24) is 0 Å². The number of phenolic OH excluding ortho intramolecular Hbond substituents is 1. The highest BCUT2D eigenvalue weighted by Crippen LogP contribution is 2.23. The minimum atomic E-state index is -0.259. The molecule has 0 aromatic heterocycles. The lowest BCUT2D eigenvalue weighted by Crippen LogP contribution is -2.06. The van der Waals surface area contributed by atoms with Crippen LogP contribution in [-0.2, 0) is 11.4 Å². The van der Waals surface area contributed by atoms with Gasteiger partial charge in [-0.1, -0.05) is 6.07 Å². The Labute approximate surface area is 75.8 Å². The summed E-state index contributed by atoms with van der Waals surface area (Å²) in [6.45, 7) is 1.23. The number of aliphatic hydroxyl groups is 1. The van der Waals surface area contributed by atoms with Crippen LogP contribution in [0.15, 0.2) is 18.2 Å². The summed E-state index contributed by atoms with van der Waals surface area (Å²) in [5.41, 5.74) is 0.959. The molecule has 4 heteroatoms. The molecule has 3 N–H and O–H groups in total. The van der Waals surface area contributed by atoms with Crippen molar-refractivity contribution in [2.45, 2.75) is 13.5 Å². The topological polar surface area (TPSA) is 69.6 Å². The first-order valence-corrected chi connectivity index (χ1v) is 3.84. The highest BCUT2D eigenvalue weighted by Gasteiger charge is 2.03. The summed E-state index contributed by atoms with van der Waals surface area (Å²) in [5.74, 6) is -0.266. The van der Waals surface area contributed by atoms with Crippen LogP contribution >= 0.6 is 0 Å². The number of hydrogen-bond acceptors (Lipinski definition) is 3. The monoisotopic (exact) mass is 181 g/mol. The molecule has 13 heavy (non-hydrogen) atoms. The maximum absolute atomic E-state index is 10.7. The number of carbonyl (C=O) groups excluding carboxylic acids is 1. The SMILES string of the molecule is CC(=O)Nc1cc(CO)ccc1O. The lowest BCUT2D eigenvalue weighted by Gasteiger charge is -2.06. The Morgan fingerprint density at radius 1 is 1.54 bits per heavy atom. The van der Waals surface area contributed by atoms with Crippen LogP contribution in [0, 0.1) is 0 Å². The van der Waals surface area contributed by atoms with Gasteiger partial charge in [-0.25, -0.2) is 0 Å². The standard InChI is InChI=1S/C9H11NO3/c1-6(12)10-8-4-7(5-11)2-3-9(8)13/h2-4,11,13H,5H2,1H3,(H,10,12). The van der Waals surface area contributed by atoms with Gasteiger partial charge < -0.3 is 15.5 Å². The Hall–Kier alpha value is -1.55. The Kier molecular flexibility index (Phi) is 2.87. The summed E-state index contributed by atoms with van der Waals surface area (Å²) in [4.78, 5) is 10.7. The number of phenols is 1. The van der Waals surface area contributed by atoms with Crippen LogP contribution < -0.4 is 5.32 Å². The number of aromatic hydroxyl groups is 1. The van der Waals surface area contributed by atoms with E-state index in [0.717, 1.165) is 0 Å². The first-order valence-electron chi connectivity index (χ1n) is 3.84. The molecule has 70 valence electrons. The zero-order valence-corrected chi connectivity index (χ0v) is 7.24. The maximum Gasteiger partial charge on any atom is 0.221 e. The van der Waals surface area contributed by atoms with Crippen molar-refractivity contribution >= 4 is 11.6 Å². The first kappa shape index (κ1) is 9.54. The van der Waals surface area contributed by atoms with Crippen molar-refractivity contribution in [3.63, 3.8) is 0 Å². The summed E-state index contributed by atoms with van der Waals surface area (Å²) in [5, 5.41) is 20.5. The van der Waals surface area contributed by atoms with Crippen molar-refractivity contribution in [1.29, 1.82) is 0 Å². The van der Waals surface area contributed by atoms with E-state index in [2.05, 4.69) is 5.32 Å². The summed E-state index contributed by atoms with van der Waals surface area (Å²) >= 11 is 0. The van der Waals surface area contributed by atoms with Crippen LogP contribution in [0.1, 0.15) is 12.5 Å². The minimum absolute atomic E-state index is 0.00704. The molecule has 0 atom stereocenters. The van der Waals surface area contributed by atoms with Crippen LogP contribution in [0.5, 0.6) is 5.75 Å². The van der Waals surface area contributed by atoms with Gasteiger partial charge in [0, 0.05) is 6.92 Å². The fourth-order valence-electron chi connectivity index (χ4n) is 0.971. The summed E-state index contributed by atoms with van der Waals surface area (Å²) < 4.78 is 0. The maximum atomic E-state index is 10.7. The molecule has 4 nitrogen and oxygen atoms in total. The molecule has 0 unspecified atom stereocenters. The number of nitrogens with one attached hydrogen (secondary N) is 1. The van der Waals surface area contributed by atoms with E-state index in [4.69, 9.17) is 5.11 Å². The Bertz CT molecular complexity index is 323. The molecule has 1 amide bonds. The van der Waals surface area contributed by atoms with Gasteiger partial charge in [-0.15, -0.1) is 0 Å². The molecule has 0 saturated carbocycles. The largest absolute Gasteiger partial charge is 0.506 e. The molecule has 0 fully saturated rings. The predicted octanol–water partition coefficient (Wildman–Crippen LogP) is 0.843. The number of anilines is 1. The molecular weight excluding hydrogens is 170 g/mol. The fraction of sp³-hybridized carbons (Fsp3) is 0.222. The van der Waals surface area contributed by atoms with Gasteiger partial charge in [0.15, 0.2) is 0 Å². The second kappa shape index (κ2) is 3.91. The predicted molar refractivity (Wildman–Crippen MR) is 48.3 cm³/mol. The third-order valence-corrected chi connectivity index (χ3v) is 1.55. The number of aliphatic hydroxyl groups excluding tert-OH is 1. The van der Waals surface area contributed by atoms with Crippen molar-refractivity contribution in [2.75, 3.05) is 5.32 Å². The van der Waals surface area contributed by atoms with Gasteiger partial charge in [0.1, 0.15) is 5.75 Å². The molecule has 1 rings (SSSR count). The lowest BCUT2D eigenvalue weighted by atomic mass is 10.2.